The van der Waals surface area contributed by atoms with Crippen LogP contribution in [0.15, 0.2) is 22.7 Å². The summed E-state index contributed by atoms with van der Waals surface area (Å²) >= 11 is 1.58. The number of rotatable bonds is 6. The summed E-state index contributed by atoms with van der Waals surface area (Å²) < 4.78 is 10.4. The Morgan fingerprint density at radius 2 is 2.15 bits per heavy atom. The number of nitrogens with one attached hydrogen (secondary N) is 1. The van der Waals surface area contributed by atoms with E-state index in [0.29, 0.717) is 40.6 Å². The van der Waals surface area contributed by atoms with Gasteiger partial charge < -0.3 is 14.6 Å². The highest BCUT2D eigenvalue weighted by molar-refractivity contribution is 7.15. The summed E-state index contributed by atoms with van der Waals surface area (Å²) in [4.78, 5) is 31.1. The minimum atomic E-state index is -0.434. The molecule has 3 heterocycles. The van der Waals surface area contributed by atoms with E-state index in [9.17, 15) is 9.59 Å². The molecule has 3 aromatic rings. The molecule has 140 valence electrons. The first kappa shape index (κ1) is 17.7. The zero-order valence-electron chi connectivity index (χ0n) is 15.1. The van der Waals surface area contributed by atoms with Crippen LogP contribution in [0.25, 0.3) is 21.7 Å². The Morgan fingerprint density at radius 1 is 1.33 bits per heavy atom. The highest BCUT2D eigenvalue weighted by Gasteiger charge is 2.24. The average Bonchev–Trinajstić information content (AvgIpc) is 3.28. The van der Waals surface area contributed by atoms with Crippen LogP contribution in [0.1, 0.15) is 33.8 Å². The number of hydrogen-bond donors (Lipinski definition) is 1. The van der Waals surface area contributed by atoms with Crippen molar-refractivity contribution in [2.75, 3.05) is 13.2 Å². The van der Waals surface area contributed by atoms with E-state index in [2.05, 4.69) is 15.5 Å². The molecule has 1 fully saturated rings. The zero-order valence-corrected chi connectivity index (χ0v) is 15.9. The lowest BCUT2D eigenvalue weighted by Gasteiger charge is -2.08. The third kappa shape index (κ3) is 3.85. The van der Waals surface area contributed by atoms with Crippen molar-refractivity contribution in [3.63, 3.8) is 0 Å². The quantitative estimate of drug-likeness (QED) is 0.655. The van der Waals surface area contributed by atoms with Crippen LogP contribution in [-0.4, -0.2) is 35.2 Å². The number of fused-ring (bicyclic) bond motifs is 1. The van der Waals surface area contributed by atoms with Gasteiger partial charge in [-0.15, -0.1) is 11.3 Å². The molecule has 0 radical (unpaired) electrons. The van der Waals surface area contributed by atoms with E-state index in [1.165, 1.54) is 0 Å². The van der Waals surface area contributed by atoms with Crippen LogP contribution in [0.2, 0.25) is 0 Å². The number of nitrogens with zero attached hydrogens (tertiary/aromatic N) is 2. The molecule has 0 saturated heterocycles. The minimum Gasteiger partial charge on any atom is -0.464 e. The second-order valence-electron chi connectivity index (χ2n) is 6.72. The molecule has 1 amide bonds. The van der Waals surface area contributed by atoms with Gasteiger partial charge in [0.2, 0.25) is 0 Å². The maximum absolute atomic E-state index is 12.7. The van der Waals surface area contributed by atoms with Gasteiger partial charge in [-0.3, -0.25) is 9.59 Å². The molecule has 0 aromatic carbocycles. The molecule has 1 aliphatic carbocycles. The normalized spacial score (nSPS) is 13.7. The first-order valence-corrected chi connectivity index (χ1v) is 9.60. The van der Waals surface area contributed by atoms with Crippen LogP contribution in [-0.2, 0) is 9.53 Å². The average molecular weight is 385 g/mol. The lowest BCUT2D eigenvalue weighted by molar-refractivity contribution is -0.142. The van der Waals surface area contributed by atoms with Crippen LogP contribution in [0.5, 0.6) is 0 Å². The van der Waals surface area contributed by atoms with Crippen molar-refractivity contribution in [1.29, 1.82) is 0 Å². The molecular formula is C19H19N3O4S. The molecular weight excluding hydrogens is 366 g/mol. The molecule has 3 aromatic heterocycles. The van der Waals surface area contributed by atoms with E-state index >= 15 is 0 Å². The van der Waals surface area contributed by atoms with Crippen molar-refractivity contribution in [2.24, 2.45) is 5.92 Å². The second-order valence-corrected chi connectivity index (χ2v) is 8.01. The van der Waals surface area contributed by atoms with Gasteiger partial charge in [0.05, 0.1) is 33.8 Å². The number of ether oxygens (including phenoxy) is 1. The molecule has 1 aliphatic rings. The maximum Gasteiger partial charge on any atom is 0.325 e. The number of esters is 1. The summed E-state index contributed by atoms with van der Waals surface area (Å²) in [5.41, 5.74) is 1.90. The summed E-state index contributed by atoms with van der Waals surface area (Å²) in [6.45, 7) is 4.02. The monoisotopic (exact) mass is 385 g/mol. The maximum atomic E-state index is 12.7. The first-order valence-electron chi connectivity index (χ1n) is 8.79. The van der Waals surface area contributed by atoms with Crippen molar-refractivity contribution in [1.82, 2.24) is 15.5 Å². The number of amides is 1. The summed E-state index contributed by atoms with van der Waals surface area (Å²) in [5.74, 6) is -0.329. The van der Waals surface area contributed by atoms with Crippen LogP contribution in [0, 0.1) is 19.8 Å². The number of carbonyl (C=O) groups is 2. The summed E-state index contributed by atoms with van der Waals surface area (Å²) in [6, 6.07) is 5.66. The Balaban J connectivity index is 1.57. The molecule has 1 saturated carbocycles. The summed E-state index contributed by atoms with van der Waals surface area (Å²) in [7, 11) is 0. The minimum absolute atomic E-state index is 0.173. The lowest BCUT2D eigenvalue weighted by Crippen LogP contribution is -2.31. The van der Waals surface area contributed by atoms with E-state index < -0.39 is 5.97 Å². The SMILES string of the molecule is Cc1ccc(-c2cc(C(=O)NCC(=O)OCC3CC3)c3c(C)noc3n2)s1. The Labute approximate surface area is 159 Å². The van der Waals surface area contributed by atoms with Crippen molar-refractivity contribution < 1.29 is 18.8 Å². The molecule has 4 rings (SSSR count). The Kier molecular flexibility index (Phi) is 4.65. The lowest BCUT2D eigenvalue weighted by atomic mass is 10.1. The van der Waals surface area contributed by atoms with Crippen molar-refractivity contribution in [3.8, 4) is 10.6 Å². The largest absolute Gasteiger partial charge is 0.464 e. The van der Waals surface area contributed by atoms with Gasteiger partial charge in [0.25, 0.3) is 11.6 Å². The van der Waals surface area contributed by atoms with Gasteiger partial charge in [0.15, 0.2) is 0 Å². The zero-order chi connectivity index (χ0) is 19.0. The molecule has 7 nitrogen and oxygen atoms in total. The first-order chi connectivity index (χ1) is 13.0. The van der Waals surface area contributed by atoms with Gasteiger partial charge in [-0.1, -0.05) is 5.16 Å². The van der Waals surface area contributed by atoms with E-state index in [-0.39, 0.29) is 12.5 Å². The third-order valence-corrected chi connectivity index (χ3v) is 5.45. The summed E-state index contributed by atoms with van der Waals surface area (Å²) in [6.07, 6.45) is 2.21. The molecule has 0 aliphatic heterocycles. The van der Waals surface area contributed by atoms with Gasteiger partial charge in [-0.2, -0.15) is 0 Å². The van der Waals surface area contributed by atoms with Crippen LogP contribution in [0.3, 0.4) is 0 Å². The molecule has 1 N–H and O–H groups in total. The molecule has 0 unspecified atom stereocenters. The number of carbonyl (C=O) groups excluding carboxylic acids is 2. The highest BCUT2D eigenvalue weighted by atomic mass is 32.1. The van der Waals surface area contributed by atoms with E-state index in [0.717, 1.165) is 22.6 Å². The van der Waals surface area contributed by atoms with Crippen molar-refractivity contribution in [3.05, 3.63) is 34.3 Å². The van der Waals surface area contributed by atoms with Crippen LogP contribution >= 0.6 is 11.3 Å². The van der Waals surface area contributed by atoms with E-state index in [1.807, 2.05) is 19.1 Å². The fourth-order valence-corrected chi connectivity index (χ4v) is 3.59. The van der Waals surface area contributed by atoms with E-state index in [1.54, 1.807) is 24.3 Å². The van der Waals surface area contributed by atoms with Crippen molar-refractivity contribution >= 4 is 34.3 Å². The Bertz CT molecular complexity index is 1020. The second kappa shape index (κ2) is 7.11. The van der Waals surface area contributed by atoms with Crippen LogP contribution in [0.4, 0.5) is 0 Å². The third-order valence-electron chi connectivity index (χ3n) is 4.42. The summed E-state index contributed by atoms with van der Waals surface area (Å²) in [5, 5.41) is 7.10. The predicted octanol–water partition coefficient (Wildman–Crippen LogP) is 3.25. The molecule has 8 heteroatoms. The van der Waals surface area contributed by atoms with Crippen molar-refractivity contribution in [2.45, 2.75) is 26.7 Å². The molecule has 27 heavy (non-hydrogen) atoms. The number of aromatic nitrogens is 2. The molecule has 0 spiro atoms. The Hall–Kier alpha value is -2.74. The number of aryl methyl sites for hydroxylation is 2. The Morgan fingerprint density at radius 3 is 2.85 bits per heavy atom. The van der Waals surface area contributed by atoms with Gasteiger partial charge in [-0.05, 0) is 50.8 Å². The van der Waals surface area contributed by atoms with E-state index in [4.69, 9.17) is 9.26 Å². The number of thiophene rings is 1. The number of hydrogen-bond acceptors (Lipinski definition) is 7. The predicted molar refractivity (Wildman–Crippen MR) is 101 cm³/mol. The fraction of sp³-hybridized carbons (Fsp3) is 0.368. The molecule has 0 bridgehead atoms. The molecule has 0 atom stereocenters. The van der Waals surface area contributed by atoms with Gasteiger partial charge in [0.1, 0.15) is 6.54 Å². The van der Waals surface area contributed by atoms with Gasteiger partial charge in [-0.25, -0.2) is 4.98 Å². The van der Waals surface area contributed by atoms with Crippen LogP contribution < -0.4 is 5.32 Å². The van der Waals surface area contributed by atoms with Gasteiger partial charge >= 0.3 is 5.97 Å². The van der Waals surface area contributed by atoms with Gasteiger partial charge in [0, 0.05) is 4.88 Å². The number of pyridine rings is 1. The highest BCUT2D eigenvalue weighted by Crippen LogP contribution is 2.31. The fourth-order valence-electron chi connectivity index (χ4n) is 2.77. The smallest absolute Gasteiger partial charge is 0.325 e. The topological polar surface area (TPSA) is 94.3 Å². The standard InChI is InChI=1S/C19H19N3O4S/c1-10-3-6-15(27-10)14-7-13(17-11(2)22-26-19(17)21-14)18(24)20-8-16(23)25-9-12-4-5-12/h3,6-7,12H,4-5,8-9H2,1-2H3,(H,20,24).